The molecule has 1 fully saturated rings. The second kappa shape index (κ2) is 8.22. The number of benzene rings is 2. The maximum Gasteiger partial charge on any atom is 0.437 e. The number of primary amides is 1. The molecular weight excluding hydrogens is 421 g/mol. The normalized spacial score (nSPS) is 13.8. The van der Waals surface area contributed by atoms with Gasteiger partial charge in [0.2, 0.25) is 0 Å². The number of amides is 1. The Balaban J connectivity index is 1.91. The molecule has 9 heteroatoms. The molecule has 3 aromatic rings. The van der Waals surface area contributed by atoms with E-state index in [0.717, 1.165) is 28.7 Å². The quantitative estimate of drug-likeness (QED) is 0.549. The Morgan fingerprint density at radius 3 is 2.50 bits per heavy atom. The van der Waals surface area contributed by atoms with Gasteiger partial charge in [-0.1, -0.05) is 30.3 Å². The highest BCUT2D eigenvalue weighted by atomic mass is 19.4. The Morgan fingerprint density at radius 2 is 1.88 bits per heavy atom. The van der Waals surface area contributed by atoms with E-state index in [4.69, 9.17) is 10.5 Å². The number of methoxy groups -OCH3 is 1. The van der Waals surface area contributed by atoms with Crippen molar-refractivity contribution >= 4 is 11.6 Å². The number of nitrogens with one attached hydrogen (secondary N) is 1. The van der Waals surface area contributed by atoms with E-state index in [1.54, 1.807) is 32.2 Å². The van der Waals surface area contributed by atoms with Gasteiger partial charge in [-0.15, -0.1) is 0 Å². The molecule has 4 rings (SSSR count). The van der Waals surface area contributed by atoms with Crippen LogP contribution in [0.4, 0.5) is 18.9 Å². The van der Waals surface area contributed by atoms with Crippen LogP contribution in [-0.4, -0.2) is 29.3 Å². The number of rotatable bonds is 7. The Morgan fingerprint density at radius 1 is 1.19 bits per heavy atom. The number of hydrogen-bond donors (Lipinski definition) is 2. The summed E-state index contributed by atoms with van der Waals surface area (Å²) >= 11 is 0. The van der Waals surface area contributed by atoms with Crippen molar-refractivity contribution in [1.29, 1.82) is 0 Å². The van der Waals surface area contributed by atoms with Gasteiger partial charge in [-0.3, -0.25) is 4.79 Å². The van der Waals surface area contributed by atoms with Crippen LogP contribution in [0.25, 0.3) is 16.8 Å². The van der Waals surface area contributed by atoms with E-state index in [-0.39, 0.29) is 17.3 Å². The number of ether oxygens (including phenoxy) is 1. The smallest absolute Gasteiger partial charge is 0.437 e. The van der Waals surface area contributed by atoms with Gasteiger partial charge in [-0.25, -0.2) is 4.68 Å². The van der Waals surface area contributed by atoms with E-state index >= 15 is 0 Å². The summed E-state index contributed by atoms with van der Waals surface area (Å²) in [5.41, 5.74) is 6.16. The summed E-state index contributed by atoms with van der Waals surface area (Å²) in [6, 6.07) is 12.5. The summed E-state index contributed by atoms with van der Waals surface area (Å²) in [5, 5.41) is 6.59. The first-order valence-electron chi connectivity index (χ1n) is 10.2. The van der Waals surface area contributed by atoms with E-state index in [1.807, 2.05) is 24.3 Å². The van der Waals surface area contributed by atoms with Crippen molar-refractivity contribution in [1.82, 2.24) is 9.78 Å². The predicted octanol–water partition coefficient (Wildman–Crippen LogP) is 4.80. The van der Waals surface area contributed by atoms with Crippen LogP contribution < -0.4 is 15.8 Å². The van der Waals surface area contributed by atoms with Gasteiger partial charge in [-0.05, 0) is 48.9 Å². The van der Waals surface area contributed by atoms with E-state index in [0.29, 0.717) is 23.5 Å². The standard InChI is InChI=1S/C23H23F3N4O2/c1-13-15(16-6-3-4-9-18(16)32-2)7-5-8-17(13)30-20(22(27)31)19(28-12-14-10-11-14)21(29-30)23(24,25)26/h3-9,14,28H,10-12H2,1-2H3,(H2,27,31). The van der Waals surface area contributed by atoms with Crippen LogP contribution in [0, 0.1) is 12.8 Å². The molecule has 1 amide bonds. The first-order valence-corrected chi connectivity index (χ1v) is 10.2. The monoisotopic (exact) mass is 444 g/mol. The lowest BCUT2D eigenvalue weighted by Gasteiger charge is -2.15. The van der Waals surface area contributed by atoms with Crippen LogP contribution in [0.5, 0.6) is 5.75 Å². The molecule has 6 nitrogen and oxygen atoms in total. The highest BCUT2D eigenvalue weighted by Crippen LogP contribution is 2.40. The number of anilines is 1. The predicted molar refractivity (Wildman–Crippen MR) is 115 cm³/mol. The highest BCUT2D eigenvalue weighted by molar-refractivity contribution is 5.98. The molecule has 168 valence electrons. The zero-order valence-corrected chi connectivity index (χ0v) is 17.7. The molecule has 1 aliphatic carbocycles. The van der Waals surface area contributed by atoms with Crippen molar-refractivity contribution < 1.29 is 22.7 Å². The molecule has 1 aromatic heterocycles. The zero-order valence-electron chi connectivity index (χ0n) is 17.7. The fourth-order valence-electron chi connectivity index (χ4n) is 3.77. The lowest BCUT2D eigenvalue weighted by atomic mass is 9.98. The molecule has 1 heterocycles. The first kappa shape index (κ1) is 21.7. The van der Waals surface area contributed by atoms with E-state index in [9.17, 15) is 18.0 Å². The fraction of sp³-hybridized carbons (Fsp3) is 0.304. The fourth-order valence-corrected chi connectivity index (χ4v) is 3.77. The summed E-state index contributed by atoms with van der Waals surface area (Å²) in [5.74, 6) is -0.0877. The lowest BCUT2D eigenvalue weighted by molar-refractivity contribution is -0.140. The van der Waals surface area contributed by atoms with Crippen LogP contribution in [0.2, 0.25) is 0 Å². The van der Waals surface area contributed by atoms with Crippen LogP contribution in [-0.2, 0) is 6.18 Å². The minimum Gasteiger partial charge on any atom is -0.496 e. The van der Waals surface area contributed by atoms with Gasteiger partial charge < -0.3 is 15.8 Å². The number of hydrogen-bond acceptors (Lipinski definition) is 4. The minimum atomic E-state index is -4.75. The summed E-state index contributed by atoms with van der Waals surface area (Å²) < 4.78 is 47.9. The summed E-state index contributed by atoms with van der Waals surface area (Å²) in [7, 11) is 1.55. The molecule has 0 spiro atoms. The Kier molecular flexibility index (Phi) is 5.58. The molecule has 0 radical (unpaired) electrons. The summed E-state index contributed by atoms with van der Waals surface area (Å²) in [6.45, 7) is 2.09. The van der Waals surface area contributed by atoms with Crippen LogP contribution in [0.15, 0.2) is 42.5 Å². The molecule has 0 bridgehead atoms. The number of halogens is 3. The number of aromatic nitrogens is 2. The molecule has 0 saturated heterocycles. The van der Waals surface area contributed by atoms with Crippen molar-refractivity contribution in [2.75, 3.05) is 19.0 Å². The number of alkyl halides is 3. The molecule has 1 saturated carbocycles. The lowest BCUT2D eigenvalue weighted by Crippen LogP contribution is -2.20. The molecule has 0 aliphatic heterocycles. The second-order valence-electron chi connectivity index (χ2n) is 7.82. The highest BCUT2D eigenvalue weighted by Gasteiger charge is 2.41. The summed E-state index contributed by atoms with van der Waals surface area (Å²) in [4.78, 5) is 12.3. The maximum absolute atomic E-state index is 13.8. The number of carbonyl (C=O) groups excluding carboxylic acids is 1. The molecule has 1 aliphatic rings. The van der Waals surface area contributed by atoms with Gasteiger partial charge >= 0.3 is 6.18 Å². The SMILES string of the molecule is COc1ccccc1-c1cccc(-n2nc(C(F)(F)F)c(NCC3CC3)c2C(N)=O)c1C. The molecule has 0 unspecified atom stereocenters. The summed E-state index contributed by atoms with van der Waals surface area (Å²) in [6.07, 6.45) is -2.88. The van der Waals surface area contributed by atoms with Gasteiger partial charge in [0.25, 0.3) is 5.91 Å². The van der Waals surface area contributed by atoms with Gasteiger partial charge in [0.1, 0.15) is 5.75 Å². The number of nitrogens with zero attached hydrogens (tertiary/aromatic N) is 2. The second-order valence-corrected chi connectivity index (χ2v) is 7.82. The van der Waals surface area contributed by atoms with Crippen LogP contribution >= 0.6 is 0 Å². The van der Waals surface area contributed by atoms with Crippen molar-refractivity contribution in [2.45, 2.75) is 25.9 Å². The maximum atomic E-state index is 13.8. The van der Waals surface area contributed by atoms with E-state index < -0.39 is 17.8 Å². The van der Waals surface area contributed by atoms with Gasteiger partial charge in [-0.2, -0.15) is 18.3 Å². The zero-order chi connectivity index (χ0) is 23.0. The van der Waals surface area contributed by atoms with Crippen molar-refractivity contribution in [2.24, 2.45) is 11.7 Å². The van der Waals surface area contributed by atoms with Gasteiger partial charge in [0.05, 0.1) is 18.5 Å². The topological polar surface area (TPSA) is 82.2 Å². The van der Waals surface area contributed by atoms with E-state index in [2.05, 4.69) is 10.4 Å². The van der Waals surface area contributed by atoms with Crippen LogP contribution in [0.3, 0.4) is 0 Å². The van der Waals surface area contributed by atoms with Crippen molar-refractivity contribution in [3.05, 3.63) is 59.4 Å². The Labute approximate surface area is 183 Å². The largest absolute Gasteiger partial charge is 0.496 e. The Hall–Kier alpha value is -3.49. The third-order valence-electron chi connectivity index (χ3n) is 5.58. The average molecular weight is 444 g/mol. The van der Waals surface area contributed by atoms with Gasteiger partial charge in [0.15, 0.2) is 11.4 Å². The van der Waals surface area contributed by atoms with Crippen LogP contribution in [0.1, 0.15) is 34.6 Å². The van der Waals surface area contributed by atoms with E-state index in [1.165, 1.54) is 0 Å². The first-order chi connectivity index (χ1) is 15.2. The molecular formula is C23H23F3N4O2. The van der Waals surface area contributed by atoms with Crippen molar-refractivity contribution in [3.63, 3.8) is 0 Å². The number of carbonyl (C=O) groups is 1. The third-order valence-corrected chi connectivity index (χ3v) is 5.58. The molecule has 2 aromatic carbocycles. The molecule has 3 N–H and O–H groups in total. The van der Waals surface area contributed by atoms with Crippen molar-refractivity contribution in [3.8, 4) is 22.6 Å². The third kappa shape index (κ3) is 4.02. The average Bonchev–Trinajstić information content (AvgIpc) is 3.49. The number of nitrogens with two attached hydrogens (primary N) is 1. The molecule has 0 atom stereocenters. The Bertz CT molecular complexity index is 1170. The van der Waals surface area contributed by atoms with Gasteiger partial charge in [0, 0.05) is 12.1 Å². The number of para-hydroxylation sites is 1. The minimum absolute atomic E-state index is 0.288. The molecule has 32 heavy (non-hydrogen) atoms.